The molecule has 0 fully saturated rings. The van der Waals surface area contributed by atoms with Crippen molar-refractivity contribution >= 4 is 23.2 Å². The van der Waals surface area contributed by atoms with Crippen molar-refractivity contribution in [2.45, 2.75) is 12.8 Å². The second-order valence-corrected chi connectivity index (χ2v) is 4.51. The monoisotopic (exact) mass is 289 g/mol. The third-order valence-electron chi connectivity index (χ3n) is 2.77. The number of alkyl halides is 1. The van der Waals surface area contributed by atoms with E-state index in [9.17, 15) is 4.79 Å². The second kappa shape index (κ2) is 6.96. The van der Waals surface area contributed by atoms with E-state index in [2.05, 4.69) is 5.32 Å². The van der Waals surface area contributed by atoms with Gasteiger partial charge in [-0.1, -0.05) is 12.1 Å². The maximum atomic E-state index is 12.1. The Morgan fingerprint density at radius 3 is 2.60 bits per heavy atom. The van der Waals surface area contributed by atoms with Gasteiger partial charge in [-0.05, 0) is 48.9 Å². The van der Waals surface area contributed by atoms with Crippen LogP contribution in [0.5, 0.6) is 5.75 Å². The Morgan fingerprint density at radius 2 is 1.95 bits per heavy atom. The molecule has 0 atom stereocenters. The first-order chi connectivity index (χ1) is 9.72. The number of carbonyl (C=O) groups is 1. The van der Waals surface area contributed by atoms with Crippen molar-refractivity contribution in [3.8, 4) is 5.75 Å². The largest absolute Gasteiger partial charge is 0.494 e. The van der Waals surface area contributed by atoms with Gasteiger partial charge in [-0.2, -0.15) is 0 Å². The molecular weight excluding hydrogens is 274 g/mol. The number of carbonyl (C=O) groups excluding carboxylic acids is 1. The quantitative estimate of drug-likeness (QED) is 0.843. The smallest absolute Gasteiger partial charge is 0.255 e. The van der Waals surface area contributed by atoms with E-state index in [0.717, 1.165) is 17.0 Å². The number of amides is 1. The van der Waals surface area contributed by atoms with Crippen molar-refractivity contribution in [1.82, 2.24) is 0 Å². The molecule has 2 aromatic carbocycles. The molecule has 1 amide bonds. The SMILES string of the molecule is CCOc1ccc(NC(=O)c2cccc(CCl)c2)cc1. The lowest BCUT2D eigenvalue weighted by atomic mass is 10.1. The Morgan fingerprint density at radius 1 is 1.20 bits per heavy atom. The molecule has 0 aliphatic carbocycles. The number of benzene rings is 2. The number of halogens is 1. The molecule has 0 aliphatic heterocycles. The van der Waals surface area contributed by atoms with E-state index in [0.29, 0.717) is 18.1 Å². The fourth-order valence-electron chi connectivity index (χ4n) is 1.80. The van der Waals surface area contributed by atoms with E-state index in [4.69, 9.17) is 16.3 Å². The van der Waals surface area contributed by atoms with Gasteiger partial charge in [0.2, 0.25) is 0 Å². The Bertz CT molecular complexity index is 581. The highest BCUT2D eigenvalue weighted by Gasteiger charge is 2.06. The molecule has 0 radical (unpaired) electrons. The summed E-state index contributed by atoms with van der Waals surface area (Å²) in [6.45, 7) is 2.55. The van der Waals surface area contributed by atoms with E-state index in [1.54, 1.807) is 12.1 Å². The predicted molar refractivity (Wildman–Crippen MR) is 81.6 cm³/mol. The molecule has 0 heterocycles. The van der Waals surface area contributed by atoms with Crippen molar-refractivity contribution in [3.63, 3.8) is 0 Å². The fourth-order valence-corrected chi connectivity index (χ4v) is 1.97. The molecule has 2 aromatic rings. The number of hydrogen-bond acceptors (Lipinski definition) is 2. The summed E-state index contributed by atoms with van der Waals surface area (Å²) in [5, 5.41) is 2.84. The van der Waals surface area contributed by atoms with Crippen LogP contribution in [0.2, 0.25) is 0 Å². The first kappa shape index (κ1) is 14.4. The molecule has 0 unspecified atom stereocenters. The maximum absolute atomic E-state index is 12.1. The summed E-state index contributed by atoms with van der Waals surface area (Å²) in [6, 6.07) is 14.5. The molecule has 2 rings (SSSR count). The molecule has 0 aromatic heterocycles. The van der Waals surface area contributed by atoms with Crippen LogP contribution in [0.4, 0.5) is 5.69 Å². The molecule has 0 bridgehead atoms. The van der Waals surface area contributed by atoms with Crippen LogP contribution in [0.15, 0.2) is 48.5 Å². The minimum Gasteiger partial charge on any atom is -0.494 e. The standard InChI is InChI=1S/C16H16ClNO2/c1-2-20-15-8-6-14(7-9-15)18-16(19)13-5-3-4-12(10-13)11-17/h3-10H,2,11H2,1H3,(H,18,19). The summed E-state index contributed by atoms with van der Waals surface area (Å²) >= 11 is 5.77. The molecule has 1 N–H and O–H groups in total. The minimum absolute atomic E-state index is 0.152. The first-order valence-electron chi connectivity index (χ1n) is 6.42. The average Bonchev–Trinajstić information content (AvgIpc) is 2.49. The average molecular weight is 290 g/mol. The third-order valence-corrected chi connectivity index (χ3v) is 3.08. The van der Waals surface area contributed by atoms with Crippen molar-refractivity contribution in [2.75, 3.05) is 11.9 Å². The Kier molecular flexibility index (Phi) is 5.02. The fraction of sp³-hybridized carbons (Fsp3) is 0.188. The van der Waals surface area contributed by atoms with E-state index >= 15 is 0 Å². The van der Waals surface area contributed by atoms with Crippen LogP contribution in [0.25, 0.3) is 0 Å². The van der Waals surface area contributed by atoms with Crippen LogP contribution in [-0.4, -0.2) is 12.5 Å². The number of ether oxygens (including phenoxy) is 1. The van der Waals surface area contributed by atoms with Gasteiger partial charge in [0.05, 0.1) is 6.61 Å². The van der Waals surface area contributed by atoms with Gasteiger partial charge in [-0.15, -0.1) is 11.6 Å². The molecule has 0 spiro atoms. The van der Waals surface area contributed by atoms with Gasteiger partial charge < -0.3 is 10.1 Å². The number of anilines is 1. The normalized spacial score (nSPS) is 10.1. The summed E-state index contributed by atoms with van der Waals surface area (Å²) < 4.78 is 5.35. The van der Waals surface area contributed by atoms with Crippen LogP contribution in [0, 0.1) is 0 Å². The van der Waals surface area contributed by atoms with Gasteiger partial charge in [-0.3, -0.25) is 4.79 Å². The molecule has 4 heteroatoms. The summed E-state index contributed by atoms with van der Waals surface area (Å²) in [5.41, 5.74) is 2.25. The van der Waals surface area contributed by atoms with E-state index in [1.165, 1.54) is 0 Å². The van der Waals surface area contributed by atoms with Crippen LogP contribution < -0.4 is 10.1 Å². The lowest BCUT2D eigenvalue weighted by molar-refractivity contribution is 0.102. The van der Waals surface area contributed by atoms with Crippen molar-refractivity contribution in [3.05, 3.63) is 59.7 Å². The molecule has 20 heavy (non-hydrogen) atoms. The van der Waals surface area contributed by atoms with Gasteiger partial charge in [0, 0.05) is 17.1 Å². The molecule has 3 nitrogen and oxygen atoms in total. The second-order valence-electron chi connectivity index (χ2n) is 4.25. The van der Waals surface area contributed by atoms with Gasteiger partial charge in [0.25, 0.3) is 5.91 Å². The minimum atomic E-state index is -0.152. The molecular formula is C16H16ClNO2. The molecule has 0 saturated heterocycles. The first-order valence-corrected chi connectivity index (χ1v) is 6.95. The Hall–Kier alpha value is -2.00. The highest BCUT2D eigenvalue weighted by Crippen LogP contribution is 2.17. The Balaban J connectivity index is 2.06. The zero-order valence-corrected chi connectivity index (χ0v) is 12.0. The summed E-state index contributed by atoms with van der Waals surface area (Å²) in [4.78, 5) is 12.1. The lowest BCUT2D eigenvalue weighted by Crippen LogP contribution is -2.12. The zero-order valence-electron chi connectivity index (χ0n) is 11.2. The maximum Gasteiger partial charge on any atom is 0.255 e. The number of nitrogens with one attached hydrogen (secondary N) is 1. The molecule has 104 valence electrons. The van der Waals surface area contributed by atoms with E-state index in [1.807, 2.05) is 43.3 Å². The lowest BCUT2D eigenvalue weighted by Gasteiger charge is -2.07. The molecule has 0 aliphatic rings. The van der Waals surface area contributed by atoms with Crippen molar-refractivity contribution in [1.29, 1.82) is 0 Å². The third kappa shape index (κ3) is 3.75. The predicted octanol–water partition coefficient (Wildman–Crippen LogP) is 4.08. The molecule has 0 saturated carbocycles. The van der Waals surface area contributed by atoms with Crippen molar-refractivity contribution in [2.24, 2.45) is 0 Å². The highest BCUT2D eigenvalue weighted by atomic mass is 35.5. The van der Waals surface area contributed by atoms with Gasteiger partial charge in [0.1, 0.15) is 5.75 Å². The number of hydrogen-bond donors (Lipinski definition) is 1. The van der Waals surface area contributed by atoms with E-state index in [-0.39, 0.29) is 5.91 Å². The topological polar surface area (TPSA) is 38.3 Å². The summed E-state index contributed by atoms with van der Waals surface area (Å²) in [6.07, 6.45) is 0. The van der Waals surface area contributed by atoms with Crippen LogP contribution in [0.3, 0.4) is 0 Å². The number of rotatable bonds is 5. The van der Waals surface area contributed by atoms with Gasteiger partial charge in [-0.25, -0.2) is 0 Å². The van der Waals surface area contributed by atoms with E-state index < -0.39 is 0 Å². The van der Waals surface area contributed by atoms with Crippen molar-refractivity contribution < 1.29 is 9.53 Å². The Labute approximate surface area is 123 Å². The zero-order chi connectivity index (χ0) is 14.4. The van der Waals surface area contributed by atoms with Gasteiger partial charge in [0.15, 0.2) is 0 Å². The van der Waals surface area contributed by atoms with Crippen LogP contribution in [0.1, 0.15) is 22.8 Å². The van der Waals surface area contributed by atoms with Crippen LogP contribution in [-0.2, 0) is 5.88 Å². The van der Waals surface area contributed by atoms with Gasteiger partial charge >= 0.3 is 0 Å². The summed E-state index contributed by atoms with van der Waals surface area (Å²) in [5.74, 6) is 1.03. The summed E-state index contributed by atoms with van der Waals surface area (Å²) in [7, 11) is 0. The van der Waals surface area contributed by atoms with Crippen LogP contribution >= 0.6 is 11.6 Å². The highest BCUT2D eigenvalue weighted by molar-refractivity contribution is 6.17.